The van der Waals surface area contributed by atoms with Crippen LogP contribution in [0.3, 0.4) is 0 Å². The Hall–Kier alpha value is -1.88. The highest BCUT2D eigenvalue weighted by molar-refractivity contribution is 6.30. The van der Waals surface area contributed by atoms with Crippen LogP contribution in [-0.4, -0.2) is 34.0 Å². The first kappa shape index (κ1) is 15.0. The van der Waals surface area contributed by atoms with Crippen LogP contribution in [-0.2, 0) is 11.2 Å². The Morgan fingerprint density at radius 2 is 2.14 bits per heavy atom. The second-order valence-corrected chi connectivity index (χ2v) is 6.07. The lowest BCUT2D eigenvalue weighted by atomic mass is 9.97. The summed E-state index contributed by atoms with van der Waals surface area (Å²) >= 11 is 5.88. The molecule has 0 radical (unpaired) electrons. The summed E-state index contributed by atoms with van der Waals surface area (Å²) in [5, 5.41) is 4.56. The molecule has 0 bridgehead atoms. The van der Waals surface area contributed by atoms with Gasteiger partial charge in [-0.25, -0.2) is 0 Å². The molecule has 0 unspecified atom stereocenters. The third-order valence-corrected chi connectivity index (χ3v) is 4.23. The van der Waals surface area contributed by atoms with E-state index in [1.165, 1.54) is 5.56 Å². The number of benzene rings is 1. The number of amides is 1. The van der Waals surface area contributed by atoms with Crippen molar-refractivity contribution in [2.45, 2.75) is 32.1 Å². The minimum atomic E-state index is 0.143. The molecule has 116 valence electrons. The molecular formula is C16H18ClN3O2. The van der Waals surface area contributed by atoms with Crippen molar-refractivity contribution in [3.63, 3.8) is 0 Å². The van der Waals surface area contributed by atoms with Crippen LogP contribution in [0.2, 0.25) is 5.02 Å². The zero-order valence-electron chi connectivity index (χ0n) is 12.5. The number of aromatic nitrogens is 2. The molecule has 2 heterocycles. The molecule has 5 nitrogen and oxygen atoms in total. The normalized spacial score (nSPS) is 18.7. The molecule has 0 spiro atoms. The van der Waals surface area contributed by atoms with Gasteiger partial charge in [0.05, 0.1) is 5.92 Å². The van der Waals surface area contributed by atoms with Gasteiger partial charge in [-0.15, -0.1) is 0 Å². The molecule has 2 aromatic rings. The van der Waals surface area contributed by atoms with Crippen molar-refractivity contribution in [2.75, 3.05) is 13.1 Å². The Bertz CT molecular complexity index is 654. The highest BCUT2D eigenvalue weighted by Crippen LogP contribution is 2.26. The molecule has 1 fully saturated rings. The fraction of sp³-hybridized carbons (Fsp3) is 0.438. The topological polar surface area (TPSA) is 59.2 Å². The first-order valence-corrected chi connectivity index (χ1v) is 7.82. The van der Waals surface area contributed by atoms with Gasteiger partial charge in [0, 0.05) is 24.5 Å². The fourth-order valence-corrected chi connectivity index (χ4v) is 2.85. The van der Waals surface area contributed by atoms with Crippen molar-refractivity contribution in [1.29, 1.82) is 0 Å². The standard InChI is InChI=1S/C16H18ClN3O2/c1-11-18-16(22-19-11)13-4-7-15(21)20(10-13)9-8-12-2-5-14(17)6-3-12/h2-3,5-6,13H,4,7-10H2,1H3/t13-/m0/s1. The summed E-state index contributed by atoms with van der Waals surface area (Å²) in [4.78, 5) is 18.3. The average molecular weight is 320 g/mol. The lowest BCUT2D eigenvalue weighted by Crippen LogP contribution is -2.40. The fourth-order valence-electron chi connectivity index (χ4n) is 2.73. The molecule has 3 rings (SSSR count). The lowest BCUT2D eigenvalue weighted by Gasteiger charge is -2.31. The summed E-state index contributed by atoms with van der Waals surface area (Å²) < 4.78 is 5.25. The molecule has 1 atom stereocenters. The van der Waals surface area contributed by atoms with Crippen LogP contribution in [0, 0.1) is 6.92 Å². The number of rotatable bonds is 4. The van der Waals surface area contributed by atoms with Crippen molar-refractivity contribution in [1.82, 2.24) is 15.0 Å². The van der Waals surface area contributed by atoms with Crippen LogP contribution in [0.1, 0.15) is 36.0 Å². The molecule has 0 aliphatic carbocycles. The second kappa shape index (κ2) is 6.48. The van der Waals surface area contributed by atoms with Crippen molar-refractivity contribution in [3.8, 4) is 0 Å². The van der Waals surface area contributed by atoms with Crippen LogP contribution >= 0.6 is 11.6 Å². The number of aryl methyl sites for hydroxylation is 1. The van der Waals surface area contributed by atoms with Crippen LogP contribution in [0.15, 0.2) is 28.8 Å². The van der Waals surface area contributed by atoms with E-state index in [2.05, 4.69) is 10.1 Å². The van der Waals surface area contributed by atoms with E-state index in [1.807, 2.05) is 29.2 Å². The van der Waals surface area contributed by atoms with E-state index < -0.39 is 0 Å². The van der Waals surface area contributed by atoms with Gasteiger partial charge in [-0.3, -0.25) is 4.79 Å². The maximum atomic E-state index is 12.1. The van der Waals surface area contributed by atoms with Crippen LogP contribution in [0.4, 0.5) is 0 Å². The Labute approximate surface area is 134 Å². The van der Waals surface area contributed by atoms with Crippen LogP contribution in [0.5, 0.6) is 0 Å². The van der Waals surface area contributed by atoms with Crippen LogP contribution < -0.4 is 0 Å². The molecule has 1 aromatic carbocycles. The summed E-state index contributed by atoms with van der Waals surface area (Å²) in [6, 6.07) is 7.74. The van der Waals surface area contributed by atoms with Gasteiger partial charge in [-0.05, 0) is 37.5 Å². The minimum absolute atomic E-state index is 0.143. The summed E-state index contributed by atoms with van der Waals surface area (Å²) in [6.45, 7) is 3.15. The van der Waals surface area contributed by atoms with E-state index in [0.29, 0.717) is 31.2 Å². The first-order valence-electron chi connectivity index (χ1n) is 7.44. The molecule has 0 saturated carbocycles. The number of carbonyl (C=O) groups excluding carboxylic acids is 1. The molecule has 1 aliphatic rings. The van der Waals surface area contributed by atoms with Gasteiger partial charge in [-0.1, -0.05) is 28.9 Å². The zero-order valence-corrected chi connectivity index (χ0v) is 13.2. The third-order valence-electron chi connectivity index (χ3n) is 3.98. The van der Waals surface area contributed by atoms with E-state index in [9.17, 15) is 4.79 Å². The third kappa shape index (κ3) is 3.47. The first-order chi connectivity index (χ1) is 10.6. The molecule has 1 amide bonds. The van der Waals surface area contributed by atoms with E-state index in [0.717, 1.165) is 17.9 Å². The summed E-state index contributed by atoms with van der Waals surface area (Å²) in [5.74, 6) is 1.62. The maximum Gasteiger partial charge on any atom is 0.231 e. The minimum Gasteiger partial charge on any atom is -0.342 e. The van der Waals surface area contributed by atoms with Crippen molar-refractivity contribution in [2.24, 2.45) is 0 Å². The maximum absolute atomic E-state index is 12.1. The van der Waals surface area contributed by atoms with Gasteiger partial charge in [0.25, 0.3) is 0 Å². The second-order valence-electron chi connectivity index (χ2n) is 5.63. The van der Waals surface area contributed by atoms with Crippen molar-refractivity contribution >= 4 is 17.5 Å². The SMILES string of the molecule is Cc1noc([C@H]2CCC(=O)N(CCc3ccc(Cl)cc3)C2)n1. The molecular weight excluding hydrogens is 302 g/mol. The summed E-state index contributed by atoms with van der Waals surface area (Å²) in [7, 11) is 0. The number of halogens is 1. The Kier molecular flexibility index (Phi) is 4.43. The van der Waals surface area contributed by atoms with Gasteiger partial charge >= 0.3 is 0 Å². The largest absolute Gasteiger partial charge is 0.342 e. The molecule has 1 aliphatic heterocycles. The number of hydrogen-bond donors (Lipinski definition) is 0. The Morgan fingerprint density at radius 3 is 2.82 bits per heavy atom. The van der Waals surface area contributed by atoms with E-state index in [-0.39, 0.29) is 11.8 Å². The molecule has 1 aromatic heterocycles. The zero-order chi connectivity index (χ0) is 15.5. The molecule has 1 saturated heterocycles. The van der Waals surface area contributed by atoms with E-state index in [1.54, 1.807) is 6.92 Å². The number of carbonyl (C=O) groups is 1. The average Bonchev–Trinajstić information content (AvgIpc) is 2.95. The molecule has 6 heteroatoms. The molecule has 22 heavy (non-hydrogen) atoms. The summed E-state index contributed by atoms with van der Waals surface area (Å²) in [6.07, 6.45) is 2.13. The smallest absolute Gasteiger partial charge is 0.231 e. The highest BCUT2D eigenvalue weighted by atomic mass is 35.5. The van der Waals surface area contributed by atoms with Crippen molar-refractivity contribution in [3.05, 3.63) is 46.6 Å². The quantitative estimate of drug-likeness (QED) is 0.869. The lowest BCUT2D eigenvalue weighted by molar-refractivity contribution is -0.133. The van der Waals surface area contributed by atoms with Gasteiger partial charge < -0.3 is 9.42 Å². The highest BCUT2D eigenvalue weighted by Gasteiger charge is 2.29. The van der Waals surface area contributed by atoms with Gasteiger partial charge in [0.2, 0.25) is 11.8 Å². The number of nitrogens with zero attached hydrogens (tertiary/aromatic N) is 3. The van der Waals surface area contributed by atoms with Crippen LogP contribution in [0.25, 0.3) is 0 Å². The predicted molar refractivity (Wildman–Crippen MR) is 82.7 cm³/mol. The van der Waals surface area contributed by atoms with Gasteiger partial charge in [0.1, 0.15) is 0 Å². The number of hydrogen-bond acceptors (Lipinski definition) is 4. The summed E-state index contributed by atoms with van der Waals surface area (Å²) in [5.41, 5.74) is 1.17. The Morgan fingerprint density at radius 1 is 1.36 bits per heavy atom. The number of piperidine rings is 1. The van der Waals surface area contributed by atoms with E-state index in [4.69, 9.17) is 16.1 Å². The number of likely N-dealkylation sites (tertiary alicyclic amines) is 1. The predicted octanol–water partition coefficient (Wildman–Crippen LogP) is 2.98. The van der Waals surface area contributed by atoms with Crippen molar-refractivity contribution < 1.29 is 9.32 Å². The van der Waals surface area contributed by atoms with Gasteiger partial charge in [0.15, 0.2) is 5.82 Å². The monoisotopic (exact) mass is 319 g/mol. The Balaban J connectivity index is 1.61. The van der Waals surface area contributed by atoms with E-state index >= 15 is 0 Å². The molecule has 0 N–H and O–H groups in total. The van der Waals surface area contributed by atoms with Gasteiger partial charge in [-0.2, -0.15) is 4.98 Å².